The number of amides is 1. The molecule has 0 radical (unpaired) electrons. The van der Waals surface area contributed by atoms with E-state index in [9.17, 15) is 9.18 Å². The van der Waals surface area contributed by atoms with E-state index in [2.05, 4.69) is 17.2 Å². The monoisotopic (exact) mass is 267 g/mol. The van der Waals surface area contributed by atoms with Crippen LogP contribution in [0.5, 0.6) is 0 Å². The summed E-state index contributed by atoms with van der Waals surface area (Å²) in [5.74, 6) is -1.48. The van der Waals surface area contributed by atoms with Crippen molar-refractivity contribution in [3.8, 4) is 0 Å². The van der Waals surface area contributed by atoms with E-state index in [1.54, 1.807) is 0 Å². The molecule has 0 saturated carbocycles. The van der Waals surface area contributed by atoms with Gasteiger partial charge in [0.2, 0.25) is 0 Å². The van der Waals surface area contributed by atoms with Crippen LogP contribution in [0.1, 0.15) is 30.1 Å². The average Bonchev–Trinajstić information content (AvgIpc) is 2.40. The predicted octanol–water partition coefficient (Wildman–Crippen LogP) is 1.35. The van der Waals surface area contributed by atoms with Crippen molar-refractivity contribution in [3.63, 3.8) is 0 Å². The fourth-order valence-corrected chi connectivity index (χ4v) is 2.07. The zero-order valence-corrected chi connectivity index (χ0v) is 10.9. The molecular weight excluding hydrogens is 249 g/mol. The van der Waals surface area contributed by atoms with Crippen molar-refractivity contribution in [2.75, 3.05) is 25.5 Å². The highest BCUT2D eigenvalue weighted by molar-refractivity contribution is 5.95. The number of nitrogen functional groups attached to an aromatic ring is 1. The third-order valence-corrected chi connectivity index (χ3v) is 3.54. The van der Waals surface area contributed by atoms with Crippen molar-refractivity contribution in [2.24, 2.45) is 5.41 Å². The third-order valence-electron chi connectivity index (χ3n) is 3.54. The van der Waals surface area contributed by atoms with Crippen LogP contribution in [0.4, 0.5) is 10.2 Å². The molecule has 1 aromatic heterocycles. The SMILES string of the molecule is CC1(CNC(=O)c2ccnc(N)c2F)CCOCC1. The smallest absolute Gasteiger partial charge is 0.254 e. The second-order valence-electron chi connectivity index (χ2n) is 5.16. The molecule has 3 N–H and O–H groups in total. The lowest BCUT2D eigenvalue weighted by Gasteiger charge is -2.33. The summed E-state index contributed by atoms with van der Waals surface area (Å²) in [6.07, 6.45) is 3.09. The molecule has 0 unspecified atom stereocenters. The van der Waals surface area contributed by atoms with Gasteiger partial charge in [-0.25, -0.2) is 9.37 Å². The Morgan fingerprint density at radius 2 is 2.26 bits per heavy atom. The largest absolute Gasteiger partial charge is 0.381 e. The number of hydrogen-bond acceptors (Lipinski definition) is 4. The molecule has 1 saturated heterocycles. The molecule has 0 atom stereocenters. The number of aromatic nitrogens is 1. The van der Waals surface area contributed by atoms with Crippen molar-refractivity contribution in [3.05, 3.63) is 23.6 Å². The maximum atomic E-state index is 13.6. The van der Waals surface area contributed by atoms with Crippen molar-refractivity contribution >= 4 is 11.7 Å². The van der Waals surface area contributed by atoms with Gasteiger partial charge in [0.1, 0.15) is 0 Å². The van der Waals surface area contributed by atoms with Crippen LogP contribution in [0.3, 0.4) is 0 Å². The summed E-state index contributed by atoms with van der Waals surface area (Å²) in [4.78, 5) is 15.5. The summed E-state index contributed by atoms with van der Waals surface area (Å²) in [7, 11) is 0. The number of carbonyl (C=O) groups excluding carboxylic acids is 1. The second kappa shape index (κ2) is 5.52. The number of pyridine rings is 1. The van der Waals surface area contributed by atoms with Crippen molar-refractivity contribution in [1.82, 2.24) is 10.3 Å². The number of ether oxygens (including phenoxy) is 1. The molecule has 0 aliphatic carbocycles. The van der Waals surface area contributed by atoms with Gasteiger partial charge in [-0.15, -0.1) is 0 Å². The van der Waals surface area contributed by atoms with E-state index in [0.29, 0.717) is 19.8 Å². The molecule has 19 heavy (non-hydrogen) atoms. The average molecular weight is 267 g/mol. The number of nitrogens with zero attached hydrogens (tertiary/aromatic N) is 1. The molecule has 0 spiro atoms. The number of halogens is 1. The van der Waals surface area contributed by atoms with Crippen LogP contribution in [0, 0.1) is 11.2 Å². The molecule has 2 heterocycles. The summed E-state index contributed by atoms with van der Waals surface area (Å²) in [5.41, 5.74) is 5.28. The van der Waals surface area contributed by atoms with E-state index in [1.807, 2.05) is 0 Å². The standard InChI is InChI=1S/C13H18FN3O2/c1-13(3-6-19-7-4-13)8-17-12(18)9-2-5-16-11(15)10(9)14/h2,5H,3-4,6-8H2,1H3,(H2,15,16)(H,17,18). The zero-order valence-electron chi connectivity index (χ0n) is 10.9. The fraction of sp³-hybridized carbons (Fsp3) is 0.538. The first-order valence-electron chi connectivity index (χ1n) is 6.28. The van der Waals surface area contributed by atoms with Gasteiger partial charge in [0.25, 0.3) is 5.91 Å². The van der Waals surface area contributed by atoms with E-state index in [0.717, 1.165) is 12.8 Å². The van der Waals surface area contributed by atoms with Crippen LogP contribution < -0.4 is 11.1 Å². The predicted molar refractivity (Wildman–Crippen MR) is 69.1 cm³/mol. The lowest BCUT2D eigenvalue weighted by atomic mass is 9.82. The number of carbonyl (C=O) groups is 1. The molecule has 0 bridgehead atoms. The van der Waals surface area contributed by atoms with Gasteiger partial charge < -0.3 is 15.8 Å². The van der Waals surface area contributed by atoms with Gasteiger partial charge in [-0.05, 0) is 24.3 Å². The lowest BCUT2D eigenvalue weighted by Crippen LogP contribution is -2.39. The Morgan fingerprint density at radius 1 is 1.58 bits per heavy atom. The molecule has 104 valence electrons. The van der Waals surface area contributed by atoms with Crippen molar-refractivity contribution in [2.45, 2.75) is 19.8 Å². The summed E-state index contributed by atoms with van der Waals surface area (Å²) < 4.78 is 18.9. The van der Waals surface area contributed by atoms with Crippen LogP contribution >= 0.6 is 0 Å². The number of rotatable bonds is 3. The first-order valence-corrected chi connectivity index (χ1v) is 6.28. The molecule has 1 amide bonds. The van der Waals surface area contributed by atoms with E-state index in [-0.39, 0.29) is 16.8 Å². The van der Waals surface area contributed by atoms with E-state index in [1.165, 1.54) is 12.3 Å². The molecular formula is C13H18FN3O2. The Kier molecular flexibility index (Phi) is 3.99. The number of hydrogen-bond donors (Lipinski definition) is 2. The van der Waals surface area contributed by atoms with Crippen molar-refractivity contribution < 1.29 is 13.9 Å². The molecule has 0 aromatic carbocycles. The Morgan fingerprint density at radius 3 is 2.95 bits per heavy atom. The summed E-state index contributed by atoms with van der Waals surface area (Å²) in [5, 5.41) is 2.76. The normalized spacial score (nSPS) is 18.0. The number of nitrogens with one attached hydrogen (secondary N) is 1. The Balaban J connectivity index is 1.99. The van der Waals surface area contributed by atoms with Gasteiger partial charge in [-0.1, -0.05) is 6.92 Å². The minimum atomic E-state index is -0.767. The molecule has 6 heteroatoms. The second-order valence-corrected chi connectivity index (χ2v) is 5.16. The van der Waals surface area contributed by atoms with Gasteiger partial charge in [0.15, 0.2) is 11.6 Å². The quantitative estimate of drug-likeness (QED) is 0.866. The molecule has 2 rings (SSSR count). The first kappa shape index (κ1) is 13.7. The minimum Gasteiger partial charge on any atom is -0.381 e. The third kappa shape index (κ3) is 3.20. The maximum Gasteiger partial charge on any atom is 0.254 e. The van der Waals surface area contributed by atoms with Crippen LogP contribution in [0.15, 0.2) is 12.3 Å². The summed E-state index contributed by atoms with van der Waals surface area (Å²) in [6.45, 7) is 3.98. The van der Waals surface area contributed by atoms with Crippen molar-refractivity contribution in [1.29, 1.82) is 0 Å². The molecule has 1 aromatic rings. The number of nitrogens with two attached hydrogens (primary N) is 1. The minimum absolute atomic E-state index is 0.00294. The van der Waals surface area contributed by atoms with Gasteiger partial charge in [0.05, 0.1) is 5.56 Å². The molecule has 5 nitrogen and oxygen atoms in total. The van der Waals surface area contributed by atoms with Crippen LogP contribution in [0.25, 0.3) is 0 Å². The van der Waals surface area contributed by atoms with Crippen LogP contribution in [-0.2, 0) is 4.74 Å². The van der Waals surface area contributed by atoms with Gasteiger partial charge in [-0.3, -0.25) is 4.79 Å². The van der Waals surface area contributed by atoms with E-state index >= 15 is 0 Å². The highest BCUT2D eigenvalue weighted by Gasteiger charge is 2.28. The highest BCUT2D eigenvalue weighted by atomic mass is 19.1. The fourth-order valence-electron chi connectivity index (χ4n) is 2.07. The first-order chi connectivity index (χ1) is 9.02. The maximum absolute atomic E-state index is 13.6. The van der Waals surface area contributed by atoms with Crippen LogP contribution in [0.2, 0.25) is 0 Å². The molecule has 1 fully saturated rings. The summed E-state index contributed by atoms with van der Waals surface area (Å²) in [6, 6.07) is 1.33. The zero-order chi connectivity index (χ0) is 13.9. The topological polar surface area (TPSA) is 77.2 Å². The van der Waals surface area contributed by atoms with E-state index < -0.39 is 11.7 Å². The lowest BCUT2D eigenvalue weighted by molar-refractivity contribution is 0.0238. The van der Waals surface area contributed by atoms with Gasteiger partial charge in [-0.2, -0.15) is 0 Å². The Labute approximate surface area is 111 Å². The Hall–Kier alpha value is -1.69. The molecule has 1 aliphatic heterocycles. The van der Waals surface area contributed by atoms with E-state index in [4.69, 9.17) is 10.5 Å². The van der Waals surface area contributed by atoms with Gasteiger partial charge in [0, 0.05) is 26.0 Å². The molecule has 1 aliphatic rings. The number of anilines is 1. The van der Waals surface area contributed by atoms with Gasteiger partial charge >= 0.3 is 0 Å². The Bertz CT molecular complexity index is 473. The van der Waals surface area contributed by atoms with Crippen LogP contribution in [-0.4, -0.2) is 30.6 Å². The highest BCUT2D eigenvalue weighted by Crippen LogP contribution is 2.28. The summed E-state index contributed by atoms with van der Waals surface area (Å²) >= 11 is 0.